The van der Waals surface area contributed by atoms with Crippen LogP contribution in [-0.4, -0.2) is 41.5 Å². The number of hydrogen-bond donors (Lipinski definition) is 2. The third-order valence-electron chi connectivity index (χ3n) is 6.19. The summed E-state index contributed by atoms with van der Waals surface area (Å²) in [6, 6.07) is 8.14. The van der Waals surface area contributed by atoms with Crippen molar-refractivity contribution in [2.24, 2.45) is 0 Å². The number of ether oxygens (including phenoxy) is 1. The second-order valence-electron chi connectivity index (χ2n) is 9.43. The Labute approximate surface area is 247 Å². The molecule has 3 rings (SSSR count). The molecule has 0 aliphatic carbocycles. The third kappa shape index (κ3) is 9.81. The van der Waals surface area contributed by atoms with Crippen LogP contribution in [0.1, 0.15) is 66.5 Å². The zero-order valence-corrected chi connectivity index (χ0v) is 22.4. The number of benzene rings is 3. The minimum Gasteiger partial charge on any atom is -0.481 e. The summed E-state index contributed by atoms with van der Waals surface area (Å²) in [4.78, 5) is 49.5. The van der Waals surface area contributed by atoms with Crippen molar-refractivity contribution < 1.29 is 68.5 Å². The molecular formula is C29H20F9NO6. The monoisotopic (exact) mass is 649 g/mol. The molecule has 2 N–H and O–H groups in total. The summed E-state index contributed by atoms with van der Waals surface area (Å²) < 4.78 is 122. The maximum Gasteiger partial charge on any atom is 0.573 e. The molecule has 0 aliphatic heterocycles. The lowest BCUT2D eigenvalue weighted by Crippen LogP contribution is -2.26. The third-order valence-corrected chi connectivity index (χ3v) is 6.19. The van der Waals surface area contributed by atoms with Crippen molar-refractivity contribution in [2.75, 3.05) is 6.54 Å². The fourth-order valence-electron chi connectivity index (χ4n) is 4.06. The van der Waals surface area contributed by atoms with Crippen LogP contribution in [0.2, 0.25) is 0 Å². The van der Waals surface area contributed by atoms with Crippen molar-refractivity contribution in [3.63, 3.8) is 0 Å². The fourth-order valence-corrected chi connectivity index (χ4v) is 4.06. The Morgan fingerprint density at radius 1 is 0.711 bits per heavy atom. The predicted molar refractivity (Wildman–Crippen MR) is 137 cm³/mol. The van der Waals surface area contributed by atoms with E-state index >= 15 is 0 Å². The second kappa shape index (κ2) is 13.4. The number of carbonyl (C=O) groups is 4. The number of nitrogens with one attached hydrogen (secondary N) is 1. The van der Waals surface area contributed by atoms with Crippen LogP contribution in [0.25, 0.3) is 0 Å². The Morgan fingerprint density at radius 2 is 1.22 bits per heavy atom. The van der Waals surface area contributed by atoms with Crippen molar-refractivity contribution in [1.82, 2.24) is 5.32 Å². The zero-order chi connectivity index (χ0) is 33.7. The van der Waals surface area contributed by atoms with E-state index in [1.165, 1.54) is 0 Å². The number of Topliss-reactive ketones (excluding diaryl/α,β-unsaturated/α-hetero) is 2. The molecule has 1 unspecified atom stereocenters. The molecule has 3 aromatic carbocycles. The molecule has 0 saturated carbocycles. The Morgan fingerprint density at radius 3 is 1.69 bits per heavy atom. The SMILES string of the molecule is O=C(O)CCNC(=O)c1ccc(C(CC(=O)c2ccc(OC(F)(F)F)cc2)C(=O)c2cc(C(F)(F)F)cc(C(F)(F)F)c2)cc1. The quantitative estimate of drug-likeness (QED) is 0.170. The van der Waals surface area contributed by atoms with Gasteiger partial charge in [-0.25, -0.2) is 0 Å². The number of rotatable bonds is 11. The molecule has 0 heterocycles. The first-order chi connectivity index (χ1) is 20.7. The van der Waals surface area contributed by atoms with Gasteiger partial charge in [-0.15, -0.1) is 13.2 Å². The minimum absolute atomic E-state index is 0.0552. The van der Waals surface area contributed by atoms with Gasteiger partial charge in [-0.1, -0.05) is 12.1 Å². The van der Waals surface area contributed by atoms with Crippen LogP contribution in [0.4, 0.5) is 39.5 Å². The smallest absolute Gasteiger partial charge is 0.481 e. The highest BCUT2D eigenvalue weighted by Gasteiger charge is 2.38. The first kappa shape index (κ1) is 34.6. The lowest BCUT2D eigenvalue weighted by atomic mass is 9.84. The van der Waals surface area contributed by atoms with Crippen LogP contribution in [0, 0.1) is 0 Å². The number of ketones is 2. The summed E-state index contributed by atoms with van der Waals surface area (Å²) in [5, 5.41) is 11.0. The number of halogens is 9. The molecule has 0 aliphatic rings. The molecule has 0 bridgehead atoms. The summed E-state index contributed by atoms with van der Waals surface area (Å²) in [6.45, 7) is -0.241. The largest absolute Gasteiger partial charge is 0.573 e. The molecule has 7 nitrogen and oxygen atoms in total. The average molecular weight is 649 g/mol. The number of carbonyl (C=O) groups excluding carboxylic acids is 3. The normalized spacial score (nSPS) is 12.7. The summed E-state index contributed by atoms with van der Waals surface area (Å²) >= 11 is 0. The number of alkyl halides is 9. The van der Waals surface area contributed by atoms with E-state index in [1.807, 2.05) is 0 Å². The molecule has 0 aromatic heterocycles. The number of hydrogen-bond acceptors (Lipinski definition) is 5. The van der Waals surface area contributed by atoms with Gasteiger partial charge in [-0.05, 0) is 60.2 Å². The Hall–Kier alpha value is -4.89. The van der Waals surface area contributed by atoms with Crippen molar-refractivity contribution >= 4 is 23.4 Å². The Bertz CT molecular complexity index is 1530. The maximum absolute atomic E-state index is 13.5. The van der Waals surface area contributed by atoms with E-state index in [4.69, 9.17) is 5.11 Å². The van der Waals surface area contributed by atoms with E-state index in [0.717, 1.165) is 48.5 Å². The van der Waals surface area contributed by atoms with Crippen LogP contribution < -0.4 is 10.1 Å². The van der Waals surface area contributed by atoms with Crippen LogP contribution in [-0.2, 0) is 17.1 Å². The van der Waals surface area contributed by atoms with E-state index in [2.05, 4.69) is 10.1 Å². The summed E-state index contributed by atoms with van der Waals surface area (Å²) in [5.41, 5.74) is -4.99. The van der Waals surface area contributed by atoms with E-state index in [-0.39, 0.29) is 41.4 Å². The van der Waals surface area contributed by atoms with Crippen LogP contribution >= 0.6 is 0 Å². The van der Waals surface area contributed by atoms with E-state index in [0.29, 0.717) is 0 Å². The van der Waals surface area contributed by atoms with Gasteiger partial charge in [-0.3, -0.25) is 19.2 Å². The van der Waals surface area contributed by atoms with Gasteiger partial charge in [0.05, 0.1) is 23.5 Å². The topological polar surface area (TPSA) is 110 Å². The van der Waals surface area contributed by atoms with Gasteiger partial charge >= 0.3 is 24.7 Å². The van der Waals surface area contributed by atoms with Gasteiger partial charge in [0.25, 0.3) is 5.91 Å². The lowest BCUT2D eigenvalue weighted by Gasteiger charge is -2.19. The Kier molecular flexibility index (Phi) is 10.3. The Balaban J connectivity index is 2.02. The fraction of sp³-hybridized carbons (Fsp3) is 0.241. The van der Waals surface area contributed by atoms with Crippen molar-refractivity contribution in [3.05, 3.63) is 100 Å². The van der Waals surface area contributed by atoms with Crippen LogP contribution in [0.5, 0.6) is 5.75 Å². The number of carboxylic acids is 1. The molecule has 1 atom stereocenters. The average Bonchev–Trinajstić information content (AvgIpc) is 2.93. The molecule has 0 spiro atoms. The van der Waals surface area contributed by atoms with Crippen molar-refractivity contribution in [3.8, 4) is 5.75 Å². The van der Waals surface area contributed by atoms with Crippen LogP contribution in [0.15, 0.2) is 66.7 Å². The summed E-state index contributed by atoms with van der Waals surface area (Å²) in [7, 11) is 0. The second-order valence-corrected chi connectivity index (χ2v) is 9.43. The van der Waals surface area contributed by atoms with E-state index in [9.17, 15) is 58.7 Å². The van der Waals surface area contributed by atoms with Gasteiger partial charge in [0.2, 0.25) is 0 Å². The molecule has 16 heteroatoms. The standard InChI is InChI=1S/C29H20F9NO6/c30-27(31,32)19-11-18(12-20(13-19)28(33,34)35)25(43)22(14-23(40)16-5-7-21(8-6-16)45-29(36,37)38)15-1-3-17(4-2-15)26(44)39-10-9-24(41)42/h1-8,11-13,22H,9-10,14H2,(H,39,44)(H,41,42). The lowest BCUT2D eigenvalue weighted by molar-refractivity contribution is -0.274. The van der Waals surface area contributed by atoms with Gasteiger partial charge in [0.15, 0.2) is 11.6 Å². The molecule has 45 heavy (non-hydrogen) atoms. The highest BCUT2D eigenvalue weighted by atomic mass is 19.4. The van der Waals surface area contributed by atoms with Gasteiger partial charge in [-0.2, -0.15) is 26.3 Å². The number of amides is 1. The number of carboxylic acid groups (broad SMARTS) is 1. The molecular weight excluding hydrogens is 629 g/mol. The summed E-state index contributed by atoms with van der Waals surface area (Å²) in [5.74, 6) is -6.57. The number of aliphatic carboxylic acids is 1. The van der Waals surface area contributed by atoms with Gasteiger partial charge in [0.1, 0.15) is 5.75 Å². The van der Waals surface area contributed by atoms with Crippen molar-refractivity contribution in [1.29, 1.82) is 0 Å². The molecule has 0 fully saturated rings. The molecule has 0 radical (unpaired) electrons. The zero-order valence-electron chi connectivity index (χ0n) is 22.4. The van der Waals surface area contributed by atoms with Crippen molar-refractivity contribution in [2.45, 2.75) is 37.5 Å². The maximum atomic E-state index is 13.5. The first-order valence-corrected chi connectivity index (χ1v) is 12.6. The predicted octanol–water partition coefficient (Wildman–Crippen LogP) is 7.07. The van der Waals surface area contributed by atoms with E-state index < -0.39 is 83.4 Å². The summed E-state index contributed by atoms with van der Waals surface area (Å²) in [6.07, 6.45) is -16.8. The van der Waals surface area contributed by atoms with E-state index in [1.54, 1.807) is 0 Å². The van der Waals surface area contributed by atoms with Gasteiger partial charge < -0.3 is 15.2 Å². The highest BCUT2D eigenvalue weighted by Crippen LogP contribution is 2.38. The first-order valence-electron chi connectivity index (χ1n) is 12.6. The molecule has 1 amide bonds. The van der Waals surface area contributed by atoms with Gasteiger partial charge in [0, 0.05) is 29.7 Å². The molecule has 3 aromatic rings. The highest BCUT2D eigenvalue weighted by molar-refractivity contribution is 6.06. The molecule has 240 valence electrons. The molecule has 0 saturated heterocycles. The minimum atomic E-state index is -5.28. The van der Waals surface area contributed by atoms with Crippen LogP contribution in [0.3, 0.4) is 0 Å².